The normalized spacial score (nSPS) is 10.8. The molecular formula is C13H17BrN2O3. The number of halogens is 1. The van der Waals surface area contributed by atoms with Crippen molar-refractivity contribution in [2.24, 2.45) is 0 Å². The molecule has 1 rings (SSSR count). The lowest BCUT2D eigenvalue weighted by Crippen LogP contribution is -2.27. The summed E-state index contributed by atoms with van der Waals surface area (Å²) in [5.41, 5.74) is 0.362. The molecule has 0 spiro atoms. The minimum absolute atomic E-state index is 0.0349. The fourth-order valence-electron chi connectivity index (χ4n) is 1.34. The largest absolute Gasteiger partial charge is 0.481 e. The quantitative estimate of drug-likeness (QED) is 0.641. The molecular weight excluding hydrogens is 312 g/mol. The maximum absolute atomic E-state index is 11.7. The zero-order valence-electron chi connectivity index (χ0n) is 11.3. The average Bonchev–Trinajstić information content (AvgIpc) is 2.28. The summed E-state index contributed by atoms with van der Waals surface area (Å²) < 4.78 is 10.8. The van der Waals surface area contributed by atoms with Crippen LogP contribution in [0.1, 0.15) is 26.3 Å². The van der Waals surface area contributed by atoms with Gasteiger partial charge in [-0.3, -0.25) is 10.7 Å². The molecule has 0 atom stereocenters. The standard InChI is InChI=1S/C13H17BrN2O3/c1-13(2,3)19-12(17)16-10-6-5-8(14)7-9(10)11(15)18-4/h5-7,15H,1-4H3,(H,16,17). The first-order valence-electron chi connectivity index (χ1n) is 5.65. The van der Waals surface area contributed by atoms with Gasteiger partial charge >= 0.3 is 6.09 Å². The molecule has 0 radical (unpaired) electrons. The van der Waals surface area contributed by atoms with Crippen LogP contribution in [-0.4, -0.2) is 24.7 Å². The Kier molecular flexibility index (Phi) is 4.94. The predicted molar refractivity (Wildman–Crippen MR) is 77.8 cm³/mol. The van der Waals surface area contributed by atoms with E-state index in [0.29, 0.717) is 11.3 Å². The van der Waals surface area contributed by atoms with Crippen LogP contribution < -0.4 is 5.32 Å². The SMILES string of the molecule is COC(=N)c1cc(Br)ccc1NC(=O)OC(C)(C)C. The van der Waals surface area contributed by atoms with Gasteiger partial charge in [0.2, 0.25) is 5.90 Å². The Morgan fingerprint density at radius 1 is 1.37 bits per heavy atom. The Hall–Kier alpha value is -1.56. The van der Waals surface area contributed by atoms with Crippen LogP contribution in [0, 0.1) is 5.41 Å². The zero-order valence-corrected chi connectivity index (χ0v) is 12.9. The number of amides is 1. The van der Waals surface area contributed by atoms with E-state index in [2.05, 4.69) is 21.2 Å². The van der Waals surface area contributed by atoms with Crippen molar-refractivity contribution in [1.82, 2.24) is 0 Å². The molecule has 1 aromatic carbocycles. The lowest BCUT2D eigenvalue weighted by atomic mass is 10.1. The van der Waals surface area contributed by atoms with Crippen molar-refractivity contribution in [3.63, 3.8) is 0 Å². The molecule has 5 nitrogen and oxygen atoms in total. The first-order chi connectivity index (χ1) is 8.73. The number of hydrogen-bond donors (Lipinski definition) is 2. The first kappa shape index (κ1) is 15.5. The second kappa shape index (κ2) is 6.06. The highest BCUT2D eigenvalue weighted by Gasteiger charge is 2.18. The number of ether oxygens (including phenoxy) is 2. The number of nitrogens with one attached hydrogen (secondary N) is 2. The molecule has 19 heavy (non-hydrogen) atoms. The monoisotopic (exact) mass is 328 g/mol. The van der Waals surface area contributed by atoms with Gasteiger partial charge in [0.15, 0.2) is 0 Å². The van der Waals surface area contributed by atoms with Crippen molar-refractivity contribution in [3.8, 4) is 0 Å². The van der Waals surface area contributed by atoms with E-state index >= 15 is 0 Å². The summed E-state index contributed by atoms with van der Waals surface area (Å²) >= 11 is 3.31. The fraction of sp³-hybridized carbons (Fsp3) is 0.385. The van der Waals surface area contributed by atoms with Gasteiger partial charge < -0.3 is 9.47 Å². The molecule has 0 aromatic heterocycles. The van der Waals surface area contributed by atoms with E-state index in [0.717, 1.165) is 4.47 Å². The van der Waals surface area contributed by atoms with Crippen molar-refractivity contribution in [2.75, 3.05) is 12.4 Å². The number of carbonyl (C=O) groups is 1. The summed E-state index contributed by atoms with van der Waals surface area (Å²) in [4.78, 5) is 11.7. The summed E-state index contributed by atoms with van der Waals surface area (Å²) in [6, 6.07) is 5.13. The van der Waals surface area contributed by atoms with Crippen molar-refractivity contribution < 1.29 is 14.3 Å². The molecule has 6 heteroatoms. The van der Waals surface area contributed by atoms with Crippen LogP contribution in [0.25, 0.3) is 0 Å². The Bertz CT molecular complexity index is 495. The molecule has 1 amide bonds. The Morgan fingerprint density at radius 3 is 2.53 bits per heavy atom. The number of rotatable bonds is 2. The molecule has 0 aliphatic rings. The lowest BCUT2D eigenvalue weighted by molar-refractivity contribution is 0.0636. The van der Waals surface area contributed by atoms with E-state index in [9.17, 15) is 4.79 Å². The van der Waals surface area contributed by atoms with Crippen molar-refractivity contribution in [2.45, 2.75) is 26.4 Å². The minimum atomic E-state index is -0.575. The highest BCUT2D eigenvalue weighted by molar-refractivity contribution is 9.10. The topological polar surface area (TPSA) is 71.4 Å². The molecule has 2 N–H and O–H groups in total. The predicted octanol–water partition coefficient (Wildman–Crippen LogP) is 3.77. The maximum Gasteiger partial charge on any atom is 0.412 e. The summed E-state index contributed by atoms with van der Waals surface area (Å²) in [5.74, 6) is -0.0349. The summed E-state index contributed by atoms with van der Waals surface area (Å²) in [6.07, 6.45) is -0.569. The third kappa shape index (κ3) is 4.90. The Morgan fingerprint density at radius 2 is 2.00 bits per heavy atom. The van der Waals surface area contributed by atoms with Crippen LogP contribution >= 0.6 is 15.9 Å². The molecule has 0 unspecified atom stereocenters. The molecule has 0 aliphatic carbocycles. The van der Waals surface area contributed by atoms with E-state index in [-0.39, 0.29) is 5.90 Å². The van der Waals surface area contributed by atoms with Gasteiger partial charge in [-0.25, -0.2) is 4.79 Å². The van der Waals surface area contributed by atoms with Crippen LogP contribution in [0.4, 0.5) is 10.5 Å². The van der Waals surface area contributed by atoms with Gasteiger partial charge in [-0.2, -0.15) is 0 Å². The summed E-state index contributed by atoms with van der Waals surface area (Å²) in [6.45, 7) is 5.35. The van der Waals surface area contributed by atoms with E-state index in [1.807, 2.05) is 0 Å². The Balaban J connectivity index is 2.95. The van der Waals surface area contributed by atoms with Crippen molar-refractivity contribution >= 4 is 33.6 Å². The third-order valence-electron chi connectivity index (χ3n) is 2.07. The minimum Gasteiger partial charge on any atom is -0.481 e. The second-order valence-corrected chi connectivity index (χ2v) is 5.77. The van der Waals surface area contributed by atoms with E-state index in [1.54, 1.807) is 39.0 Å². The lowest BCUT2D eigenvalue weighted by Gasteiger charge is -2.20. The first-order valence-corrected chi connectivity index (χ1v) is 6.44. The van der Waals surface area contributed by atoms with Gasteiger partial charge in [-0.1, -0.05) is 15.9 Å². The van der Waals surface area contributed by atoms with Crippen molar-refractivity contribution in [1.29, 1.82) is 5.41 Å². The number of methoxy groups -OCH3 is 1. The maximum atomic E-state index is 11.7. The summed E-state index contributed by atoms with van der Waals surface area (Å²) in [7, 11) is 1.40. The molecule has 0 saturated carbocycles. The fourth-order valence-corrected chi connectivity index (χ4v) is 1.70. The number of hydrogen-bond acceptors (Lipinski definition) is 4. The third-order valence-corrected chi connectivity index (χ3v) is 2.56. The highest BCUT2D eigenvalue weighted by Crippen LogP contribution is 2.22. The molecule has 0 aliphatic heterocycles. The van der Waals surface area contributed by atoms with Crippen LogP contribution in [-0.2, 0) is 9.47 Å². The smallest absolute Gasteiger partial charge is 0.412 e. The van der Waals surface area contributed by atoms with Gasteiger partial charge in [0.25, 0.3) is 0 Å². The molecule has 0 bridgehead atoms. The van der Waals surface area contributed by atoms with E-state index in [4.69, 9.17) is 14.9 Å². The molecule has 1 aromatic rings. The zero-order chi connectivity index (χ0) is 14.6. The van der Waals surface area contributed by atoms with E-state index < -0.39 is 11.7 Å². The Labute approximate surface area is 120 Å². The molecule has 0 saturated heterocycles. The van der Waals surface area contributed by atoms with Gasteiger partial charge in [0.05, 0.1) is 18.4 Å². The van der Waals surface area contributed by atoms with Gasteiger partial charge in [-0.15, -0.1) is 0 Å². The highest BCUT2D eigenvalue weighted by atomic mass is 79.9. The molecule has 0 fully saturated rings. The summed E-state index contributed by atoms with van der Waals surface area (Å²) in [5, 5.41) is 10.3. The van der Waals surface area contributed by atoms with Gasteiger partial charge in [0.1, 0.15) is 5.60 Å². The van der Waals surface area contributed by atoms with Crippen LogP contribution in [0.5, 0.6) is 0 Å². The van der Waals surface area contributed by atoms with Crippen LogP contribution in [0.2, 0.25) is 0 Å². The van der Waals surface area contributed by atoms with Gasteiger partial charge in [-0.05, 0) is 39.0 Å². The molecule has 104 valence electrons. The number of carbonyl (C=O) groups excluding carboxylic acids is 1. The van der Waals surface area contributed by atoms with E-state index in [1.165, 1.54) is 7.11 Å². The van der Waals surface area contributed by atoms with Gasteiger partial charge in [0, 0.05) is 4.47 Å². The average molecular weight is 329 g/mol. The number of anilines is 1. The van der Waals surface area contributed by atoms with Crippen LogP contribution in [0.15, 0.2) is 22.7 Å². The van der Waals surface area contributed by atoms with Crippen LogP contribution in [0.3, 0.4) is 0 Å². The second-order valence-electron chi connectivity index (χ2n) is 4.85. The molecule has 0 heterocycles. The van der Waals surface area contributed by atoms with Crippen molar-refractivity contribution in [3.05, 3.63) is 28.2 Å². The number of benzene rings is 1.